The monoisotopic (exact) mass is 485 g/mol. The van der Waals surface area contributed by atoms with Crippen LogP contribution in [-0.4, -0.2) is 95.4 Å². The number of nitrogens with zero attached hydrogens (tertiary/aromatic N) is 2. The van der Waals surface area contributed by atoms with Crippen LogP contribution >= 0.6 is 0 Å². The molecule has 0 spiro atoms. The Balaban J connectivity index is 1.83. The molecule has 0 saturated heterocycles. The lowest BCUT2D eigenvalue weighted by atomic mass is 9.52. The van der Waals surface area contributed by atoms with Gasteiger partial charge in [-0.3, -0.25) is 28.9 Å². The fourth-order valence-corrected chi connectivity index (χ4v) is 6.25. The molecule has 2 fully saturated rings. The van der Waals surface area contributed by atoms with E-state index >= 15 is 0 Å². The van der Waals surface area contributed by atoms with Crippen molar-refractivity contribution >= 4 is 29.0 Å². The number of fused-ring (bicyclic) bond motifs is 3. The third kappa shape index (κ3) is 3.62. The highest BCUT2D eigenvalue weighted by Gasteiger charge is 2.69. The van der Waals surface area contributed by atoms with E-state index in [1.54, 1.807) is 20.2 Å². The van der Waals surface area contributed by atoms with Crippen molar-refractivity contribution in [3.05, 3.63) is 28.8 Å². The van der Waals surface area contributed by atoms with Crippen LogP contribution in [0.2, 0.25) is 0 Å². The quantitative estimate of drug-likeness (QED) is 0.443. The number of rotatable bonds is 5. The number of nitrogens with two attached hydrogens (primary N) is 1. The third-order valence-corrected chi connectivity index (χ3v) is 7.87. The lowest BCUT2D eigenvalue weighted by Crippen LogP contribution is -2.74. The van der Waals surface area contributed by atoms with Gasteiger partial charge in [0.2, 0.25) is 5.91 Å². The van der Waals surface area contributed by atoms with E-state index in [1.165, 1.54) is 11.0 Å². The van der Waals surface area contributed by atoms with E-state index in [-0.39, 0.29) is 24.2 Å². The molecular formula is C25H31N3O7. The Labute approximate surface area is 203 Å². The van der Waals surface area contributed by atoms with Gasteiger partial charge in [-0.15, -0.1) is 0 Å². The number of hydrogen-bond donors (Lipinski definition) is 3. The number of aliphatic hydroxyl groups is 1. The predicted octanol–water partition coefficient (Wildman–Crippen LogP) is -1.03. The highest BCUT2D eigenvalue weighted by Crippen LogP contribution is 2.51. The smallest absolute Gasteiger partial charge is 0.235 e. The number of amides is 1. The average Bonchev–Trinajstić information content (AvgIpc) is 2.75. The van der Waals surface area contributed by atoms with Crippen LogP contribution in [0.1, 0.15) is 27.9 Å². The zero-order chi connectivity index (χ0) is 26.0. The van der Waals surface area contributed by atoms with E-state index in [1.807, 2.05) is 19.0 Å². The number of aromatic hydroxyl groups is 1. The Morgan fingerprint density at radius 3 is 2.34 bits per heavy atom. The molecule has 188 valence electrons. The van der Waals surface area contributed by atoms with Crippen molar-refractivity contribution in [2.45, 2.75) is 30.9 Å². The van der Waals surface area contributed by atoms with Crippen LogP contribution in [0.4, 0.5) is 0 Å². The summed E-state index contributed by atoms with van der Waals surface area (Å²) in [5, 5.41) is 22.1. The Morgan fingerprint density at radius 2 is 1.77 bits per heavy atom. The summed E-state index contributed by atoms with van der Waals surface area (Å²) in [4.78, 5) is 69.2. The van der Waals surface area contributed by atoms with Crippen LogP contribution in [0.25, 0.3) is 0 Å². The van der Waals surface area contributed by atoms with Gasteiger partial charge in [0, 0.05) is 12.5 Å². The summed E-state index contributed by atoms with van der Waals surface area (Å²) < 4.78 is 0. The zero-order valence-corrected chi connectivity index (χ0v) is 20.3. The molecule has 10 nitrogen and oxygen atoms in total. The molecule has 4 N–H and O–H groups in total. The highest BCUT2D eigenvalue weighted by molar-refractivity contribution is 6.32. The number of carbonyl (C=O) groups is 5. The van der Waals surface area contributed by atoms with Crippen molar-refractivity contribution in [1.82, 2.24) is 9.80 Å². The van der Waals surface area contributed by atoms with Gasteiger partial charge in [0.25, 0.3) is 0 Å². The highest BCUT2D eigenvalue weighted by atomic mass is 16.3. The first-order valence-electron chi connectivity index (χ1n) is 11.6. The van der Waals surface area contributed by atoms with Crippen LogP contribution in [0.15, 0.2) is 12.1 Å². The molecule has 1 aromatic rings. The van der Waals surface area contributed by atoms with E-state index in [2.05, 4.69) is 0 Å². The van der Waals surface area contributed by atoms with Gasteiger partial charge >= 0.3 is 0 Å². The standard InChI is InChI=1S/C25H31N3O7/c1-27(2)8-7-11-5-6-15(29)17-13(11)9-12-10-14-19(28(3)4)21(31)18(24(26)34)23(33)25(14,35)22(32)16(12)20(17)30/h5-6,12,14,16,18-19,29,35H,7-10H2,1-4H3,(H2,26,34)/t12-,14-,16?,18?,19-,25-/m0/s1. The fourth-order valence-electron chi connectivity index (χ4n) is 6.25. The van der Waals surface area contributed by atoms with Gasteiger partial charge in [0.15, 0.2) is 34.7 Å². The Hall–Kier alpha value is -2.95. The minimum absolute atomic E-state index is 0.0350. The minimum atomic E-state index is -2.70. The van der Waals surface area contributed by atoms with E-state index in [0.717, 1.165) is 5.56 Å². The van der Waals surface area contributed by atoms with Crippen molar-refractivity contribution < 1.29 is 34.2 Å². The van der Waals surface area contributed by atoms with Gasteiger partial charge in [-0.25, -0.2) is 0 Å². The number of hydrogen-bond acceptors (Lipinski definition) is 9. The van der Waals surface area contributed by atoms with Crippen LogP contribution in [-0.2, 0) is 32.0 Å². The second-order valence-electron chi connectivity index (χ2n) is 10.4. The summed E-state index contributed by atoms with van der Waals surface area (Å²) >= 11 is 0. The van der Waals surface area contributed by atoms with E-state index in [4.69, 9.17) is 5.73 Å². The van der Waals surface area contributed by atoms with E-state index in [9.17, 15) is 34.2 Å². The maximum absolute atomic E-state index is 13.7. The number of Topliss-reactive ketones (excluding diaryl/α,β-unsaturated/α-hetero) is 4. The molecule has 4 rings (SSSR count). The number of likely N-dealkylation sites (N-methyl/N-ethyl adjacent to an activating group) is 2. The first kappa shape index (κ1) is 25.2. The van der Waals surface area contributed by atoms with Crippen LogP contribution < -0.4 is 5.73 Å². The second-order valence-corrected chi connectivity index (χ2v) is 10.4. The van der Waals surface area contributed by atoms with Crippen molar-refractivity contribution in [3.8, 4) is 5.75 Å². The zero-order valence-electron chi connectivity index (χ0n) is 20.3. The third-order valence-electron chi connectivity index (χ3n) is 7.87. The molecule has 0 bridgehead atoms. The van der Waals surface area contributed by atoms with Gasteiger partial charge in [-0.1, -0.05) is 6.07 Å². The number of benzene rings is 1. The molecule has 2 unspecified atom stereocenters. The molecule has 0 heterocycles. The Morgan fingerprint density at radius 1 is 1.11 bits per heavy atom. The Kier molecular flexibility index (Phi) is 6.19. The molecule has 0 aliphatic heterocycles. The minimum Gasteiger partial charge on any atom is -0.507 e. The first-order chi connectivity index (χ1) is 16.3. The molecule has 3 aliphatic rings. The fraction of sp³-hybridized carbons (Fsp3) is 0.560. The Bertz CT molecular complexity index is 1140. The van der Waals surface area contributed by atoms with Gasteiger partial charge in [0.1, 0.15) is 5.75 Å². The van der Waals surface area contributed by atoms with Crippen molar-refractivity contribution in [2.75, 3.05) is 34.7 Å². The van der Waals surface area contributed by atoms with Crippen LogP contribution in [0.3, 0.4) is 0 Å². The van der Waals surface area contributed by atoms with Gasteiger partial charge < -0.3 is 20.8 Å². The number of carbonyl (C=O) groups excluding carboxylic acids is 5. The molecule has 6 atom stereocenters. The van der Waals surface area contributed by atoms with Crippen molar-refractivity contribution in [1.29, 1.82) is 0 Å². The second kappa shape index (κ2) is 8.61. The van der Waals surface area contributed by atoms with Crippen LogP contribution in [0.5, 0.6) is 5.75 Å². The maximum Gasteiger partial charge on any atom is 0.235 e. The molecule has 10 heteroatoms. The first-order valence-corrected chi connectivity index (χ1v) is 11.6. The predicted molar refractivity (Wildman–Crippen MR) is 124 cm³/mol. The van der Waals surface area contributed by atoms with Gasteiger partial charge in [-0.05, 0) is 70.6 Å². The normalized spacial score (nSPS) is 32.5. The molecule has 0 radical (unpaired) electrons. The maximum atomic E-state index is 13.7. The number of phenolic OH excluding ortho intramolecular Hbond substituents is 1. The number of ketones is 4. The summed E-state index contributed by atoms with van der Waals surface area (Å²) in [5.41, 5.74) is 4.18. The van der Waals surface area contributed by atoms with E-state index < -0.39 is 64.4 Å². The summed E-state index contributed by atoms with van der Waals surface area (Å²) in [6.45, 7) is 0.709. The molecule has 1 amide bonds. The summed E-state index contributed by atoms with van der Waals surface area (Å²) in [5.74, 6) is -10.2. The van der Waals surface area contributed by atoms with Crippen LogP contribution in [0, 0.1) is 23.7 Å². The topological polar surface area (TPSA) is 158 Å². The van der Waals surface area contributed by atoms with E-state index in [0.29, 0.717) is 18.5 Å². The molecule has 35 heavy (non-hydrogen) atoms. The SMILES string of the molecule is CN(C)CCc1ccc(O)c2c1C[C@H]1C[C@H]3[C@H](N(C)C)C(=O)C(C(N)=O)C(=O)[C@@]3(O)C(=O)C1C2=O. The van der Waals surface area contributed by atoms with Crippen molar-refractivity contribution in [3.63, 3.8) is 0 Å². The van der Waals surface area contributed by atoms with Gasteiger partial charge in [-0.2, -0.15) is 0 Å². The largest absolute Gasteiger partial charge is 0.507 e. The molecule has 2 saturated carbocycles. The van der Waals surface area contributed by atoms with Gasteiger partial charge in [0.05, 0.1) is 17.5 Å². The number of phenols is 1. The van der Waals surface area contributed by atoms with Crippen molar-refractivity contribution in [2.24, 2.45) is 29.4 Å². The molecule has 3 aliphatic carbocycles. The summed E-state index contributed by atoms with van der Waals surface area (Å²) in [7, 11) is 6.97. The molecular weight excluding hydrogens is 454 g/mol. The summed E-state index contributed by atoms with van der Waals surface area (Å²) in [6, 6.07) is 2.08. The lowest BCUT2D eigenvalue weighted by Gasteiger charge is -2.52. The number of primary amides is 1. The molecule has 0 aromatic heterocycles. The summed E-state index contributed by atoms with van der Waals surface area (Å²) in [6.07, 6.45) is 0.953. The molecule has 1 aromatic carbocycles. The lowest BCUT2D eigenvalue weighted by molar-refractivity contribution is -0.181. The average molecular weight is 486 g/mol.